The molecule has 0 amide bonds. The standard InChI is InChI=1S/C20H26N4O7S/c1-22-7-9-23(10-8-22)32(27,28)15-5-6-16(17(13-15)24(25)26)21-14-11-18(29-2)20(31-4)19(12-14)30-3/h5-6,11-13,21H,7-10H2,1-4H3. The first kappa shape index (κ1) is 23.6. The van der Waals surface area contributed by atoms with Crippen molar-refractivity contribution in [2.75, 3.05) is 59.9 Å². The lowest BCUT2D eigenvalue weighted by molar-refractivity contribution is -0.384. The van der Waals surface area contributed by atoms with Crippen LogP contribution in [0.25, 0.3) is 0 Å². The minimum absolute atomic E-state index is 0.121. The first-order valence-corrected chi connectivity index (χ1v) is 11.2. The van der Waals surface area contributed by atoms with Gasteiger partial charge in [-0.05, 0) is 19.2 Å². The number of nitro benzene ring substituents is 1. The number of ether oxygens (including phenoxy) is 3. The fourth-order valence-corrected chi connectivity index (χ4v) is 4.86. The van der Waals surface area contributed by atoms with E-state index in [1.165, 1.54) is 37.8 Å². The molecule has 12 heteroatoms. The molecule has 0 radical (unpaired) electrons. The van der Waals surface area contributed by atoms with Gasteiger partial charge >= 0.3 is 0 Å². The molecule has 0 aromatic heterocycles. The lowest BCUT2D eigenvalue weighted by Gasteiger charge is -2.31. The molecule has 0 atom stereocenters. The Kier molecular flexibility index (Phi) is 7.06. The van der Waals surface area contributed by atoms with E-state index in [9.17, 15) is 18.5 Å². The van der Waals surface area contributed by atoms with Crippen LogP contribution in [-0.4, -0.2) is 77.1 Å². The number of rotatable bonds is 8. The number of hydrogen-bond acceptors (Lipinski definition) is 9. The maximum Gasteiger partial charge on any atom is 0.294 e. The van der Waals surface area contributed by atoms with Crippen LogP contribution in [0.15, 0.2) is 35.2 Å². The lowest BCUT2D eigenvalue weighted by atomic mass is 10.2. The SMILES string of the molecule is COc1cc(Nc2ccc(S(=O)(=O)N3CCN(C)CC3)cc2[N+](=O)[O-])cc(OC)c1OC. The number of hydrogen-bond donors (Lipinski definition) is 1. The summed E-state index contributed by atoms with van der Waals surface area (Å²) in [5, 5.41) is 14.7. The smallest absolute Gasteiger partial charge is 0.294 e. The minimum atomic E-state index is -3.84. The number of nitrogens with one attached hydrogen (secondary N) is 1. The molecule has 0 bridgehead atoms. The van der Waals surface area contributed by atoms with Crippen LogP contribution in [0.5, 0.6) is 17.2 Å². The van der Waals surface area contributed by atoms with E-state index in [1.54, 1.807) is 12.1 Å². The van der Waals surface area contributed by atoms with E-state index in [4.69, 9.17) is 14.2 Å². The summed E-state index contributed by atoms with van der Waals surface area (Å²) in [5.41, 5.74) is 0.202. The Morgan fingerprint density at radius 1 is 0.969 bits per heavy atom. The first-order chi connectivity index (χ1) is 15.2. The zero-order chi connectivity index (χ0) is 23.5. The van der Waals surface area contributed by atoms with Gasteiger partial charge in [-0.2, -0.15) is 4.31 Å². The number of benzene rings is 2. The van der Waals surface area contributed by atoms with Crippen LogP contribution in [0, 0.1) is 10.1 Å². The summed E-state index contributed by atoms with van der Waals surface area (Å²) in [6.45, 7) is 1.86. The number of sulfonamides is 1. The normalized spacial score (nSPS) is 15.2. The van der Waals surface area contributed by atoms with Gasteiger partial charge in [-0.25, -0.2) is 8.42 Å². The maximum absolute atomic E-state index is 13.0. The van der Waals surface area contributed by atoms with Crippen LogP contribution in [-0.2, 0) is 10.0 Å². The molecule has 2 aromatic rings. The molecule has 0 saturated carbocycles. The zero-order valence-electron chi connectivity index (χ0n) is 18.3. The predicted octanol–water partition coefficient (Wildman–Crippen LogP) is 2.30. The molecular weight excluding hydrogens is 440 g/mol. The summed E-state index contributed by atoms with van der Waals surface area (Å²) in [6, 6.07) is 7.01. The molecule has 32 heavy (non-hydrogen) atoms. The van der Waals surface area contributed by atoms with Gasteiger partial charge in [0.2, 0.25) is 15.8 Å². The molecule has 2 aromatic carbocycles. The maximum atomic E-state index is 13.0. The highest BCUT2D eigenvalue weighted by atomic mass is 32.2. The van der Waals surface area contributed by atoms with E-state index in [-0.39, 0.29) is 16.3 Å². The van der Waals surface area contributed by atoms with Crippen molar-refractivity contribution in [2.45, 2.75) is 4.90 Å². The number of anilines is 2. The van der Waals surface area contributed by atoms with Crippen molar-refractivity contribution in [3.8, 4) is 17.2 Å². The van der Waals surface area contributed by atoms with Crippen LogP contribution >= 0.6 is 0 Å². The third-order valence-corrected chi connectivity index (χ3v) is 7.10. The zero-order valence-corrected chi connectivity index (χ0v) is 19.1. The highest BCUT2D eigenvalue weighted by molar-refractivity contribution is 7.89. The fourth-order valence-electron chi connectivity index (χ4n) is 3.41. The summed E-state index contributed by atoms with van der Waals surface area (Å²) >= 11 is 0. The molecule has 1 fully saturated rings. The van der Waals surface area contributed by atoms with Gasteiger partial charge < -0.3 is 24.4 Å². The Morgan fingerprint density at radius 2 is 1.56 bits per heavy atom. The Bertz CT molecular complexity index is 1070. The van der Waals surface area contributed by atoms with E-state index in [0.29, 0.717) is 49.1 Å². The van der Waals surface area contributed by atoms with Crippen molar-refractivity contribution in [2.24, 2.45) is 0 Å². The van der Waals surface area contributed by atoms with Gasteiger partial charge in [-0.15, -0.1) is 0 Å². The molecule has 1 N–H and O–H groups in total. The van der Waals surface area contributed by atoms with Crippen LogP contribution in [0.2, 0.25) is 0 Å². The highest BCUT2D eigenvalue weighted by Gasteiger charge is 2.30. The molecule has 11 nitrogen and oxygen atoms in total. The molecule has 1 aliphatic heterocycles. The van der Waals surface area contributed by atoms with Crippen molar-refractivity contribution >= 4 is 27.1 Å². The topological polar surface area (TPSA) is 123 Å². The predicted molar refractivity (Wildman–Crippen MR) is 119 cm³/mol. The number of likely N-dealkylation sites (N-methyl/N-ethyl adjacent to an activating group) is 1. The minimum Gasteiger partial charge on any atom is -0.493 e. The van der Waals surface area contributed by atoms with E-state index in [2.05, 4.69) is 5.32 Å². The van der Waals surface area contributed by atoms with Crippen LogP contribution in [0.1, 0.15) is 0 Å². The van der Waals surface area contributed by atoms with Gasteiger partial charge in [0.05, 0.1) is 31.1 Å². The van der Waals surface area contributed by atoms with Gasteiger partial charge in [0.15, 0.2) is 11.5 Å². The summed E-state index contributed by atoms with van der Waals surface area (Å²) in [4.78, 5) is 13.0. The molecule has 0 aliphatic carbocycles. The molecule has 3 rings (SSSR count). The number of methoxy groups -OCH3 is 3. The molecule has 0 unspecified atom stereocenters. The van der Waals surface area contributed by atoms with Gasteiger partial charge in [0.1, 0.15) is 5.69 Å². The first-order valence-electron chi connectivity index (χ1n) is 9.75. The number of piperazine rings is 1. The summed E-state index contributed by atoms with van der Waals surface area (Å²) in [6.07, 6.45) is 0. The third kappa shape index (κ3) is 4.71. The Balaban J connectivity index is 1.96. The van der Waals surface area contributed by atoms with Gasteiger partial charge in [0.25, 0.3) is 5.69 Å². The average molecular weight is 467 g/mol. The Hall–Kier alpha value is -3.09. The number of nitrogens with zero attached hydrogens (tertiary/aromatic N) is 3. The second-order valence-corrected chi connectivity index (χ2v) is 9.12. The summed E-state index contributed by atoms with van der Waals surface area (Å²) in [7, 11) is 2.46. The highest BCUT2D eigenvalue weighted by Crippen LogP contribution is 2.41. The molecule has 1 saturated heterocycles. The molecule has 174 valence electrons. The lowest BCUT2D eigenvalue weighted by Crippen LogP contribution is -2.47. The van der Waals surface area contributed by atoms with Gasteiger partial charge in [0, 0.05) is 50.1 Å². The monoisotopic (exact) mass is 466 g/mol. The quantitative estimate of drug-likeness (QED) is 0.461. The molecule has 0 spiro atoms. The van der Waals surface area contributed by atoms with E-state index in [0.717, 1.165) is 6.07 Å². The van der Waals surface area contributed by atoms with Crippen LogP contribution in [0.4, 0.5) is 17.1 Å². The Morgan fingerprint density at radius 3 is 2.06 bits per heavy atom. The van der Waals surface area contributed by atoms with E-state index in [1.807, 2.05) is 11.9 Å². The molecule has 1 heterocycles. The van der Waals surface area contributed by atoms with Crippen LogP contribution in [0.3, 0.4) is 0 Å². The van der Waals surface area contributed by atoms with Crippen molar-refractivity contribution < 1.29 is 27.6 Å². The second-order valence-electron chi connectivity index (χ2n) is 7.18. The average Bonchev–Trinajstić information content (AvgIpc) is 2.78. The number of nitro groups is 1. The Labute approximate surface area is 186 Å². The van der Waals surface area contributed by atoms with Crippen molar-refractivity contribution in [3.05, 3.63) is 40.4 Å². The van der Waals surface area contributed by atoms with Crippen LogP contribution < -0.4 is 19.5 Å². The van der Waals surface area contributed by atoms with Gasteiger partial charge in [-0.3, -0.25) is 10.1 Å². The van der Waals surface area contributed by atoms with Crippen molar-refractivity contribution in [3.63, 3.8) is 0 Å². The van der Waals surface area contributed by atoms with Gasteiger partial charge in [-0.1, -0.05) is 0 Å². The molecule has 1 aliphatic rings. The van der Waals surface area contributed by atoms with Crippen molar-refractivity contribution in [1.29, 1.82) is 0 Å². The van der Waals surface area contributed by atoms with E-state index < -0.39 is 14.9 Å². The summed E-state index contributed by atoms with van der Waals surface area (Å²) < 4.78 is 43.2. The van der Waals surface area contributed by atoms with E-state index >= 15 is 0 Å². The summed E-state index contributed by atoms with van der Waals surface area (Å²) in [5.74, 6) is 1.11. The largest absolute Gasteiger partial charge is 0.493 e. The molecular formula is C20H26N4O7S. The fraction of sp³-hybridized carbons (Fsp3) is 0.400. The third-order valence-electron chi connectivity index (χ3n) is 5.21. The second kappa shape index (κ2) is 9.59. The van der Waals surface area contributed by atoms with Crippen molar-refractivity contribution in [1.82, 2.24) is 9.21 Å².